The summed E-state index contributed by atoms with van der Waals surface area (Å²) in [6.45, 7) is 2.66. The first-order valence-corrected chi connectivity index (χ1v) is 14.5. The lowest BCUT2D eigenvalue weighted by Crippen LogP contribution is -2.42. The van der Waals surface area contributed by atoms with Crippen molar-refractivity contribution >= 4 is 38.5 Å². The van der Waals surface area contributed by atoms with E-state index in [9.17, 15) is 13.2 Å². The van der Waals surface area contributed by atoms with E-state index >= 15 is 0 Å². The monoisotopic (exact) mass is 463 g/mol. The van der Waals surface area contributed by atoms with E-state index < -0.39 is 9.84 Å². The highest BCUT2D eigenvalue weighted by atomic mass is 32.2. The molecule has 31 heavy (non-hydrogen) atoms. The molecular weight excluding hydrogens is 430 g/mol. The Balaban J connectivity index is 1.63. The van der Waals surface area contributed by atoms with Crippen molar-refractivity contribution in [3.05, 3.63) is 35.6 Å². The number of benzene rings is 1. The number of para-hydroxylation sites is 1. The van der Waals surface area contributed by atoms with Gasteiger partial charge in [-0.1, -0.05) is 50.8 Å². The van der Waals surface area contributed by atoms with Crippen molar-refractivity contribution in [3.8, 4) is 0 Å². The van der Waals surface area contributed by atoms with Gasteiger partial charge < -0.3 is 9.32 Å². The number of carbonyl (C=O) groups is 1. The third kappa shape index (κ3) is 5.30. The van der Waals surface area contributed by atoms with E-state index in [-0.39, 0.29) is 23.5 Å². The van der Waals surface area contributed by atoms with E-state index in [1.54, 1.807) is 4.90 Å². The van der Waals surface area contributed by atoms with Crippen LogP contribution >= 0.6 is 11.8 Å². The average Bonchev–Trinajstić information content (AvgIpc) is 3.33. The Bertz CT molecular complexity index is 1010. The summed E-state index contributed by atoms with van der Waals surface area (Å²) in [7, 11) is -3.07. The molecule has 0 N–H and O–H groups in total. The summed E-state index contributed by atoms with van der Waals surface area (Å²) in [4.78, 5) is 15.5. The molecule has 0 radical (unpaired) electrons. The highest BCUT2D eigenvalue weighted by Crippen LogP contribution is 2.36. The molecule has 2 aromatic rings. The smallest absolute Gasteiger partial charge is 0.290 e. The highest BCUT2D eigenvalue weighted by Gasteiger charge is 2.36. The predicted octanol–water partition coefficient (Wildman–Crippen LogP) is 5.43. The Morgan fingerprint density at radius 1 is 1.16 bits per heavy atom. The first-order chi connectivity index (χ1) is 15.0. The third-order valence-corrected chi connectivity index (χ3v) is 9.72. The molecule has 1 atom stereocenters. The van der Waals surface area contributed by atoms with Crippen molar-refractivity contribution in [1.29, 1.82) is 0 Å². The Labute approximate surface area is 189 Å². The number of unbranched alkanes of at least 4 members (excludes halogenated alkanes) is 1. The summed E-state index contributed by atoms with van der Waals surface area (Å²) in [5.41, 5.74) is 1.71. The van der Waals surface area contributed by atoms with Crippen LogP contribution in [0, 0.1) is 0 Å². The summed E-state index contributed by atoms with van der Waals surface area (Å²) in [6, 6.07) is 7.60. The average molecular weight is 464 g/mol. The predicted molar refractivity (Wildman–Crippen MR) is 127 cm³/mol. The molecule has 2 aliphatic rings. The molecule has 170 valence electrons. The van der Waals surface area contributed by atoms with Gasteiger partial charge in [-0.25, -0.2) is 8.42 Å². The Hall–Kier alpha value is -1.47. The molecule has 1 saturated carbocycles. The van der Waals surface area contributed by atoms with Crippen LogP contribution in [0.15, 0.2) is 28.7 Å². The van der Waals surface area contributed by atoms with Gasteiger partial charge in [0.05, 0.1) is 11.5 Å². The fourth-order valence-corrected chi connectivity index (χ4v) is 7.86. The normalized spacial score (nSPS) is 21.5. The van der Waals surface area contributed by atoms with Gasteiger partial charge in [-0.3, -0.25) is 4.79 Å². The molecule has 1 aromatic heterocycles. The van der Waals surface area contributed by atoms with Crippen LogP contribution in [-0.2, 0) is 15.6 Å². The van der Waals surface area contributed by atoms with Gasteiger partial charge >= 0.3 is 0 Å². The minimum Gasteiger partial charge on any atom is -0.451 e. The fraction of sp³-hybridized carbons (Fsp3) is 0.625. The molecule has 7 heteroatoms. The van der Waals surface area contributed by atoms with Crippen LogP contribution in [0.2, 0.25) is 0 Å². The van der Waals surface area contributed by atoms with Gasteiger partial charge in [0, 0.05) is 34.5 Å². The number of nitrogens with zero attached hydrogens (tertiary/aromatic N) is 1. The molecule has 0 spiro atoms. The zero-order chi connectivity index (χ0) is 21.8. The number of carbonyl (C=O) groups excluding carboxylic acids is 1. The highest BCUT2D eigenvalue weighted by molar-refractivity contribution is 7.99. The number of fused-ring (bicyclic) bond motifs is 1. The topological polar surface area (TPSA) is 67.6 Å². The second-order valence-electron chi connectivity index (χ2n) is 8.89. The molecule has 1 unspecified atom stereocenters. The van der Waals surface area contributed by atoms with Crippen LogP contribution in [0.4, 0.5) is 0 Å². The number of rotatable bonds is 8. The van der Waals surface area contributed by atoms with Crippen LogP contribution in [0.5, 0.6) is 0 Å². The standard InChI is InChI=1S/C24H33NO4S2/c1-2-3-14-25(18-13-15-31(27,28)17-18)24(26)23-21(16-30-19-9-5-4-6-10-19)20-11-7-8-12-22(20)29-23/h7-8,11-12,18-19H,2-6,9-10,13-17H2,1H3. The molecular formula is C24H33NO4S2. The van der Waals surface area contributed by atoms with Crippen molar-refractivity contribution in [1.82, 2.24) is 4.90 Å². The van der Waals surface area contributed by atoms with Gasteiger partial charge in [-0.2, -0.15) is 11.8 Å². The SMILES string of the molecule is CCCCN(C(=O)c1oc2ccccc2c1CSC1CCCCC1)C1CCS(=O)(=O)C1. The summed E-state index contributed by atoms with van der Waals surface area (Å²) in [5.74, 6) is 1.25. The second-order valence-corrected chi connectivity index (χ2v) is 12.4. The number of hydrogen-bond donors (Lipinski definition) is 0. The van der Waals surface area contributed by atoms with Crippen molar-refractivity contribution in [2.45, 2.75) is 75.3 Å². The molecule has 1 amide bonds. The molecule has 1 aliphatic carbocycles. The number of hydrogen-bond acceptors (Lipinski definition) is 5. The molecule has 0 bridgehead atoms. The van der Waals surface area contributed by atoms with Crippen LogP contribution in [0.3, 0.4) is 0 Å². The molecule has 2 heterocycles. The van der Waals surface area contributed by atoms with Gasteiger partial charge in [0.1, 0.15) is 5.58 Å². The number of amides is 1. The van der Waals surface area contributed by atoms with E-state index in [1.807, 2.05) is 36.0 Å². The van der Waals surface area contributed by atoms with Gasteiger partial charge in [-0.15, -0.1) is 0 Å². The maximum Gasteiger partial charge on any atom is 0.290 e. The van der Waals surface area contributed by atoms with Crippen molar-refractivity contribution in [2.24, 2.45) is 0 Å². The quantitative estimate of drug-likeness (QED) is 0.522. The lowest BCUT2D eigenvalue weighted by Gasteiger charge is -2.28. The van der Waals surface area contributed by atoms with Crippen LogP contribution < -0.4 is 0 Å². The molecule has 1 saturated heterocycles. The van der Waals surface area contributed by atoms with E-state index in [4.69, 9.17) is 4.42 Å². The fourth-order valence-electron chi connectivity index (χ4n) is 4.78. The first-order valence-electron chi connectivity index (χ1n) is 11.6. The summed E-state index contributed by atoms with van der Waals surface area (Å²) >= 11 is 1.94. The molecule has 1 aliphatic heterocycles. The van der Waals surface area contributed by atoms with Crippen molar-refractivity contribution in [2.75, 3.05) is 18.1 Å². The van der Waals surface area contributed by atoms with Gasteiger partial charge in [0.25, 0.3) is 5.91 Å². The van der Waals surface area contributed by atoms with Crippen molar-refractivity contribution < 1.29 is 17.6 Å². The zero-order valence-corrected chi connectivity index (χ0v) is 20.0. The van der Waals surface area contributed by atoms with E-state index in [0.29, 0.717) is 24.0 Å². The molecule has 4 rings (SSSR count). The summed E-state index contributed by atoms with van der Waals surface area (Å²) < 4.78 is 30.3. The molecule has 5 nitrogen and oxygen atoms in total. The summed E-state index contributed by atoms with van der Waals surface area (Å²) in [6.07, 6.45) is 8.71. The third-order valence-electron chi connectivity index (χ3n) is 6.57. The van der Waals surface area contributed by atoms with Gasteiger partial charge in [0.15, 0.2) is 15.6 Å². The van der Waals surface area contributed by atoms with E-state index in [2.05, 4.69) is 6.92 Å². The first kappa shape index (κ1) is 22.7. The number of thioether (sulfide) groups is 1. The Kier molecular flexibility index (Phi) is 7.32. The van der Waals surface area contributed by atoms with E-state index in [1.165, 1.54) is 32.1 Å². The Morgan fingerprint density at radius 2 is 1.94 bits per heavy atom. The van der Waals surface area contributed by atoms with Gasteiger partial charge in [0.2, 0.25) is 0 Å². The molecule has 2 fully saturated rings. The van der Waals surface area contributed by atoms with Crippen LogP contribution in [0.1, 0.15) is 74.4 Å². The zero-order valence-electron chi connectivity index (χ0n) is 18.3. The minimum absolute atomic E-state index is 0.0643. The van der Waals surface area contributed by atoms with Crippen LogP contribution in [-0.4, -0.2) is 48.6 Å². The number of furan rings is 1. The van der Waals surface area contributed by atoms with Gasteiger partial charge in [-0.05, 0) is 31.7 Å². The van der Waals surface area contributed by atoms with Crippen LogP contribution in [0.25, 0.3) is 11.0 Å². The Morgan fingerprint density at radius 3 is 2.65 bits per heavy atom. The van der Waals surface area contributed by atoms with Crippen molar-refractivity contribution in [3.63, 3.8) is 0 Å². The number of sulfone groups is 1. The van der Waals surface area contributed by atoms with E-state index in [0.717, 1.165) is 35.1 Å². The maximum atomic E-state index is 13.7. The lowest BCUT2D eigenvalue weighted by atomic mass is 10.0. The largest absolute Gasteiger partial charge is 0.451 e. The maximum absolute atomic E-state index is 13.7. The lowest BCUT2D eigenvalue weighted by molar-refractivity contribution is 0.0663. The molecule has 1 aromatic carbocycles. The minimum atomic E-state index is -3.07. The summed E-state index contributed by atoms with van der Waals surface area (Å²) in [5, 5.41) is 1.64. The second kappa shape index (κ2) is 9.99.